The Kier molecular flexibility index (Phi) is 11.0. The van der Waals surface area contributed by atoms with Crippen molar-refractivity contribution in [2.45, 2.75) is 0 Å². The van der Waals surface area contributed by atoms with Crippen LogP contribution < -0.4 is 24.5 Å². The highest BCUT2D eigenvalue weighted by atomic mass is 16.6. The Morgan fingerprint density at radius 1 is 0.585 bits per heavy atom. The number of benzene rings is 2. The summed E-state index contributed by atoms with van der Waals surface area (Å²) in [5, 5.41) is 0.967. The monoisotopic (exact) mass is 570 g/mol. The molecule has 0 amide bonds. The third-order valence-electron chi connectivity index (χ3n) is 5.93. The van der Waals surface area contributed by atoms with Gasteiger partial charge in [0.25, 0.3) is 5.56 Å². The van der Waals surface area contributed by atoms with E-state index in [1.807, 2.05) is 0 Å². The molecule has 0 saturated heterocycles. The molecule has 41 heavy (non-hydrogen) atoms. The normalized spacial score (nSPS) is 11.2. The Hall–Kier alpha value is -4.04. The van der Waals surface area contributed by atoms with E-state index in [-0.39, 0.29) is 13.2 Å². The summed E-state index contributed by atoms with van der Waals surface area (Å²) < 4.78 is 45.9. The fraction of sp³-hybridized carbons (Fsp3) is 0.429. The maximum atomic E-state index is 12.9. The van der Waals surface area contributed by atoms with Gasteiger partial charge in [-0.15, -0.1) is 0 Å². The predicted molar refractivity (Wildman–Crippen MR) is 150 cm³/mol. The molecule has 0 radical (unpaired) electrons. The first-order valence-corrected chi connectivity index (χ1v) is 12.9. The van der Waals surface area contributed by atoms with Crippen LogP contribution in [0.15, 0.2) is 41.7 Å². The molecule has 0 aliphatic carbocycles. The highest BCUT2D eigenvalue weighted by Gasteiger charge is 2.18. The van der Waals surface area contributed by atoms with Crippen LogP contribution in [0.5, 0.6) is 23.0 Å². The molecule has 4 aromatic rings. The average Bonchev–Trinajstić information content (AvgIpc) is 2.98. The van der Waals surface area contributed by atoms with Crippen molar-refractivity contribution in [2.24, 2.45) is 0 Å². The standard InChI is InChI=1S/C28H34N4O9/c1-34-5-9-38-23-13-19-21(15-25(23)40-11-7-36-3)29-17-30-27(19)32-18-31-28(33)20-14-24(39-10-6-35-2)26(16-22(20)32)41-12-8-37-4/h13-18H,5-12H2,1-4H3. The van der Waals surface area contributed by atoms with Gasteiger partial charge in [-0.05, 0) is 12.1 Å². The van der Waals surface area contributed by atoms with Crippen LogP contribution >= 0.6 is 0 Å². The Bertz CT molecular complexity index is 1500. The van der Waals surface area contributed by atoms with Crippen LogP contribution in [0.1, 0.15) is 0 Å². The number of hydrogen-bond acceptors (Lipinski definition) is 12. The van der Waals surface area contributed by atoms with E-state index in [1.165, 1.54) is 12.7 Å². The van der Waals surface area contributed by atoms with E-state index in [4.69, 9.17) is 37.9 Å². The lowest BCUT2D eigenvalue weighted by Crippen LogP contribution is -2.15. The molecule has 220 valence electrons. The van der Waals surface area contributed by atoms with Crippen LogP contribution in [0.2, 0.25) is 0 Å². The first-order chi connectivity index (χ1) is 20.1. The Balaban J connectivity index is 1.86. The number of fused-ring (bicyclic) bond motifs is 2. The van der Waals surface area contributed by atoms with Gasteiger partial charge >= 0.3 is 0 Å². The van der Waals surface area contributed by atoms with Gasteiger partial charge in [0, 0.05) is 46.0 Å². The van der Waals surface area contributed by atoms with Gasteiger partial charge in [-0.25, -0.2) is 9.97 Å². The second kappa shape index (κ2) is 15.1. The molecule has 0 aliphatic heterocycles. The largest absolute Gasteiger partial charge is 0.487 e. The topological polar surface area (TPSA) is 135 Å². The number of methoxy groups -OCH3 is 4. The molecule has 0 atom stereocenters. The smallest absolute Gasteiger partial charge is 0.280 e. The van der Waals surface area contributed by atoms with Crippen LogP contribution in [-0.4, -0.2) is 101 Å². The van der Waals surface area contributed by atoms with Crippen molar-refractivity contribution < 1.29 is 37.9 Å². The van der Waals surface area contributed by atoms with E-state index in [0.29, 0.717) is 90.3 Å². The van der Waals surface area contributed by atoms with E-state index in [9.17, 15) is 4.79 Å². The zero-order valence-corrected chi connectivity index (χ0v) is 23.6. The summed E-state index contributed by atoms with van der Waals surface area (Å²) in [6.07, 6.45) is 2.86. The van der Waals surface area contributed by atoms with Gasteiger partial charge in [-0.1, -0.05) is 0 Å². The zero-order valence-electron chi connectivity index (χ0n) is 23.6. The Morgan fingerprint density at radius 2 is 1.07 bits per heavy atom. The van der Waals surface area contributed by atoms with Crippen LogP contribution in [-0.2, 0) is 18.9 Å². The average molecular weight is 571 g/mol. The third kappa shape index (κ3) is 7.38. The minimum absolute atomic E-state index is 0.272. The maximum Gasteiger partial charge on any atom is 0.280 e. The summed E-state index contributed by atoms with van der Waals surface area (Å²) in [6, 6.07) is 6.91. The number of rotatable bonds is 17. The van der Waals surface area contributed by atoms with E-state index >= 15 is 0 Å². The van der Waals surface area contributed by atoms with Crippen LogP contribution in [0.4, 0.5) is 0 Å². The second-order valence-corrected chi connectivity index (χ2v) is 8.61. The molecular weight excluding hydrogens is 536 g/mol. The van der Waals surface area contributed by atoms with Crippen molar-refractivity contribution >= 4 is 21.8 Å². The molecule has 0 fully saturated rings. The number of ether oxygens (including phenoxy) is 8. The molecule has 0 aliphatic rings. The van der Waals surface area contributed by atoms with Crippen LogP contribution in [0.3, 0.4) is 0 Å². The van der Waals surface area contributed by atoms with E-state index in [2.05, 4.69) is 15.0 Å². The molecule has 4 rings (SSSR count). The van der Waals surface area contributed by atoms with Crippen molar-refractivity contribution in [1.82, 2.24) is 19.5 Å². The summed E-state index contributed by atoms with van der Waals surface area (Å²) in [7, 11) is 6.37. The van der Waals surface area contributed by atoms with E-state index in [1.54, 1.807) is 57.3 Å². The summed E-state index contributed by atoms with van der Waals surface area (Å²) >= 11 is 0. The summed E-state index contributed by atoms with van der Waals surface area (Å²) in [4.78, 5) is 26.0. The fourth-order valence-corrected chi connectivity index (χ4v) is 3.96. The molecule has 0 bridgehead atoms. The van der Waals surface area contributed by atoms with Gasteiger partial charge in [0.2, 0.25) is 0 Å². The van der Waals surface area contributed by atoms with Crippen molar-refractivity contribution in [3.63, 3.8) is 0 Å². The van der Waals surface area contributed by atoms with E-state index in [0.717, 1.165) is 0 Å². The van der Waals surface area contributed by atoms with E-state index < -0.39 is 5.56 Å². The SMILES string of the molecule is COCCOc1cc2ncnc(-n3cnc(=O)c4cc(OCCOC)c(OCCOC)cc43)c2cc1OCCOC. The lowest BCUT2D eigenvalue weighted by molar-refractivity contribution is 0.132. The summed E-state index contributed by atoms with van der Waals surface area (Å²) in [5.41, 5.74) is 0.690. The first-order valence-electron chi connectivity index (χ1n) is 12.9. The van der Waals surface area contributed by atoms with Gasteiger partial charge in [0.1, 0.15) is 44.9 Å². The maximum absolute atomic E-state index is 12.9. The Morgan fingerprint density at radius 3 is 1.61 bits per heavy atom. The molecule has 0 spiro atoms. The third-order valence-corrected chi connectivity index (χ3v) is 5.93. The number of aromatic nitrogens is 4. The molecule has 2 aromatic carbocycles. The van der Waals surface area contributed by atoms with Crippen LogP contribution in [0, 0.1) is 0 Å². The molecule has 2 heterocycles. The molecular formula is C28H34N4O9. The molecule has 0 unspecified atom stereocenters. The molecule has 2 aromatic heterocycles. The highest BCUT2D eigenvalue weighted by molar-refractivity contribution is 5.91. The van der Waals surface area contributed by atoms with Crippen LogP contribution in [0.25, 0.3) is 27.6 Å². The quantitative estimate of drug-likeness (QED) is 0.173. The fourth-order valence-electron chi connectivity index (χ4n) is 3.96. The second-order valence-electron chi connectivity index (χ2n) is 8.61. The van der Waals surface area contributed by atoms with Crippen molar-refractivity contribution in [2.75, 3.05) is 81.3 Å². The molecule has 13 heteroatoms. The first kappa shape index (κ1) is 29.9. The van der Waals surface area contributed by atoms with Gasteiger partial charge in [0.05, 0.1) is 42.8 Å². The minimum atomic E-state index is -0.424. The highest BCUT2D eigenvalue weighted by Crippen LogP contribution is 2.36. The number of nitrogens with zero attached hydrogens (tertiary/aromatic N) is 4. The lowest BCUT2D eigenvalue weighted by Gasteiger charge is -2.17. The predicted octanol–water partition coefficient (Wildman–Crippen LogP) is 2.43. The van der Waals surface area contributed by atoms with Gasteiger partial charge in [-0.2, -0.15) is 4.98 Å². The zero-order chi connectivity index (χ0) is 29.0. The lowest BCUT2D eigenvalue weighted by atomic mass is 10.1. The molecule has 0 saturated carbocycles. The Labute approximate surface area is 236 Å². The molecule has 13 nitrogen and oxygen atoms in total. The van der Waals surface area contributed by atoms with Crippen molar-refractivity contribution in [3.8, 4) is 28.8 Å². The summed E-state index contributed by atoms with van der Waals surface area (Å²) in [6.45, 7) is 2.73. The van der Waals surface area contributed by atoms with Crippen molar-refractivity contribution in [3.05, 3.63) is 47.3 Å². The van der Waals surface area contributed by atoms with Gasteiger partial charge in [0.15, 0.2) is 23.0 Å². The van der Waals surface area contributed by atoms with Crippen molar-refractivity contribution in [1.29, 1.82) is 0 Å². The number of hydrogen-bond donors (Lipinski definition) is 0. The molecule has 0 N–H and O–H groups in total. The van der Waals surface area contributed by atoms with Gasteiger partial charge in [-0.3, -0.25) is 9.36 Å². The minimum Gasteiger partial charge on any atom is -0.487 e. The van der Waals surface area contributed by atoms with Gasteiger partial charge < -0.3 is 37.9 Å². The summed E-state index contributed by atoms with van der Waals surface area (Å²) in [5.74, 6) is 2.29.